The summed E-state index contributed by atoms with van der Waals surface area (Å²) < 4.78 is 0. The van der Waals surface area contributed by atoms with E-state index in [0.29, 0.717) is 18.6 Å². The molecule has 0 spiro atoms. The molecule has 15 heavy (non-hydrogen) atoms. The quantitative estimate of drug-likeness (QED) is 0.798. The van der Waals surface area contributed by atoms with E-state index >= 15 is 0 Å². The van der Waals surface area contributed by atoms with Gasteiger partial charge < -0.3 is 10.2 Å². The van der Waals surface area contributed by atoms with Gasteiger partial charge in [-0.3, -0.25) is 4.79 Å². The molecular weight excluding hydrogens is 192 g/mol. The van der Waals surface area contributed by atoms with E-state index < -0.39 is 5.97 Å². The van der Waals surface area contributed by atoms with Gasteiger partial charge in [0.05, 0.1) is 0 Å². The second-order valence-corrected chi connectivity index (χ2v) is 3.80. The van der Waals surface area contributed by atoms with Crippen molar-refractivity contribution in [3.8, 4) is 5.75 Å². The number of phenolic OH excluding ortho intramolecular Hbond substituents is 1. The molecule has 0 unspecified atom stereocenters. The highest BCUT2D eigenvalue weighted by Gasteiger charge is 2.04. The molecular formula is C12H16O3. The minimum atomic E-state index is -0.775. The number of carboxylic acids is 1. The van der Waals surface area contributed by atoms with Crippen molar-refractivity contribution in [2.45, 2.75) is 33.1 Å². The number of aryl methyl sites for hydroxylation is 2. The van der Waals surface area contributed by atoms with Crippen LogP contribution in [0.1, 0.15) is 29.5 Å². The molecule has 0 heterocycles. The molecule has 0 aliphatic heterocycles. The summed E-state index contributed by atoms with van der Waals surface area (Å²) >= 11 is 0. The van der Waals surface area contributed by atoms with E-state index in [0.717, 1.165) is 16.7 Å². The summed E-state index contributed by atoms with van der Waals surface area (Å²) in [5.41, 5.74) is 2.93. The summed E-state index contributed by atoms with van der Waals surface area (Å²) in [6, 6.07) is 3.71. The van der Waals surface area contributed by atoms with Gasteiger partial charge in [-0.05, 0) is 49.4 Å². The van der Waals surface area contributed by atoms with Crippen molar-refractivity contribution < 1.29 is 15.0 Å². The van der Waals surface area contributed by atoms with Crippen LogP contribution in [0, 0.1) is 13.8 Å². The summed E-state index contributed by atoms with van der Waals surface area (Å²) in [6.45, 7) is 3.81. The van der Waals surface area contributed by atoms with Crippen LogP contribution in [0.5, 0.6) is 5.75 Å². The van der Waals surface area contributed by atoms with Gasteiger partial charge in [0, 0.05) is 6.42 Å². The van der Waals surface area contributed by atoms with Gasteiger partial charge >= 0.3 is 5.97 Å². The molecule has 3 heteroatoms. The summed E-state index contributed by atoms with van der Waals surface area (Å²) in [6.07, 6.45) is 1.48. The SMILES string of the molecule is Cc1cc(CCCC(=O)O)cc(O)c1C. The normalized spacial score (nSPS) is 10.3. The third kappa shape index (κ3) is 3.27. The van der Waals surface area contributed by atoms with E-state index in [1.165, 1.54) is 0 Å². The standard InChI is InChI=1S/C12H16O3/c1-8-6-10(4-3-5-12(14)15)7-11(13)9(8)2/h6-7,13H,3-5H2,1-2H3,(H,14,15). The second-order valence-electron chi connectivity index (χ2n) is 3.80. The van der Waals surface area contributed by atoms with Crippen molar-refractivity contribution >= 4 is 5.97 Å². The number of phenols is 1. The number of benzene rings is 1. The molecule has 0 bridgehead atoms. The molecule has 0 saturated heterocycles. The zero-order valence-electron chi connectivity index (χ0n) is 9.08. The van der Waals surface area contributed by atoms with Gasteiger partial charge in [0.2, 0.25) is 0 Å². The lowest BCUT2D eigenvalue weighted by atomic mass is 10.0. The van der Waals surface area contributed by atoms with E-state index in [4.69, 9.17) is 5.11 Å². The minimum absolute atomic E-state index is 0.174. The highest BCUT2D eigenvalue weighted by atomic mass is 16.4. The van der Waals surface area contributed by atoms with E-state index in [9.17, 15) is 9.90 Å². The number of carboxylic acid groups (broad SMARTS) is 1. The lowest BCUT2D eigenvalue weighted by Crippen LogP contribution is -1.96. The van der Waals surface area contributed by atoms with Gasteiger partial charge in [-0.2, -0.15) is 0 Å². The molecule has 0 saturated carbocycles. The Hall–Kier alpha value is -1.51. The third-order valence-corrected chi connectivity index (χ3v) is 2.56. The van der Waals surface area contributed by atoms with E-state index in [2.05, 4.69) is 0 Å². The van der Waals surface area contributed by atoms with Crippen LogP contribution in [0.4, 0.5) is 0 Å². The Morgan fingerprint density at radius 3 is 2.53 bits per heavy atom. The zero-order chi connectivity index (χ0) is 11.4. The van der Waals surface area contributed by atoms with Crippen LogP contribution in [0.3, 0.4) is 0 Å². The topological polar surface area (TPSA) is 57.5 Å². The lowest BCUT2D eigenvalue weighted by Gasteiger charge is -2.07. The molecule has 82 valence electrons. The maximum absolute atomic E-state index is 10.3. The largest absolute Gasteiger partial charge is 0.508 e. The smallest absolute Gasteiger partial charge is 0.303 e. The van der Waals surface area contributed by atoms with Gasteiger partial charge in [0.1, 0.15) is 5.75 Å². The fraction of sp³-hybridized carbons (Fsp3) is 0.417. The molecule has 0 amide bonds. The Morgan fingerprint density at radius 1 is 1.33 bits per heavy atom. The summed E-state index contributed by atoms with van der Waals surface area (Å²) in [4.78, 5) is 10.3. The molecule has 0 atom stereocenters. The molecule has 0 aliphatic rings. The number of aliphatic carboxylic acids is 1. The molecule has 0 aliphatic carbocycles. The Kier molecular flexibility index (Phi) is 3.72. The van der Waals surface area contributed by atoms with Crippen LogP contribution in [0.15, 0.2) is 12.1 Å². The maximum Gasteiger partial charge on any atom is 0.303 e. The van der Waals surface area contributed by atoms with Crippen molar-refractivity contribution in [2.75, 3.05) is 0 Å². The molecule has 0 fully saturated rings. The number of rotatable bonds is 4. The van der Waals surface area contributed by atoms with Crippen molar-refractivity contribution in [3.05, 3.63) is 28.8 Å². The lowest BCUT2D eigenvalue weighted by molar-refractivity contribution is -0.137. The highest BCUT2D eigenvalue weighted by Crippen LogP contribution is 2.22. The first kappa shape index (κ1) is 11.6. The summed E-state index contributed by atoms with van der Waals surface area (Å²) in [7, 11) is 0. The van der Waals surface area contributed by atoms with Crippen LogP contribution in [-0.2, 0) is 11.2 Å². The first-order valence-corrected chi connectivity index (χ1v) is 5.01. The summed E-state index contributed by atoms with van der Waals surface area (Å²) in [5.74, 6) is -0.483. The minimum Gasteiger partial charge on any atom is -0.508 e. The molecule has 1 aromatic rings. The maximum atomic E-state index is 10.3. The fourth-order valence-electron chi connectivity index (χ4n) is 1.50. The van der Waals surface area contributed by atoms with E-state index in [1.54, 1.807) is 6.07 Å². The highest BCUT2D eigenvalue weighted by molar-refractivity contribution is 5.66. The van der Waals surface area contributed by atoms with Crippen molar-refractivity contribution in [2.24, 2.45) is 0 Å². The molecule has 1 aromatic carbocycles. The first-order valence-electron chi connectivity index (χ1n) is 5.01. The summed E-state index contributed by atoms with van der Waals surface area (Å²) in [5, 5.41) is 18.1. The van der Waals surface area contributed by atoms with Crippen LogP contribution in [0.25, 0.3) is 0 Å². The van der Waals surface area contributed by atoms with Crippen LogP contribution in [-0.4, -0.2) is 16.2 Å². The van der Waals surface area contributed by atoms with Crippen LogP contribution in [0.2, 0.25) is 0 Å². The van der Waals surface area contributed by atoms with Gasteiger partial charge in [-0.25, -0.2) is 0 Å². The predicted octanol–water partition coefficient (Wildman–Crippen LogP) is 2.42. The van der Waals surface area contributed by atoms with Gasteiger partial charge in [-0.15, -0.1) is 0 Å². The number of carbonyl (C=O) groups is 1. The molecule has 0 radical (unpaired) electrons. The first-order chi connectivity index (χ1) is 7.00. The predicted molar refractivity (Wildman–Crippen MR) is 58.2 cm³/mol. The fourth-order valence-corrected chi connectivity index (χ4v) is 1.50. The molecule has 1 rings (SSSR count). The third-order valence-electron chi connectivity index (χ3n) is 2.56. The number of hydrogen-bond acceptors (Lipinski definition) is 2. The Balaban J connectivity index is 2.66. The molecule has 3 nitrogen and oxygen atoms in total. The average molecular weight is 208 g/mol. The van der Waals surface area contributed by atoms with Gasteiger partial charge in [-0.1, -0.05) is 6.07 Å². The van der Waals surface area contributed by atoms with E-state index in [-0.39, 0.29) is 6.42 Å². The van der Waals surface area contributed by atoms with Crippen molar-refractivity contribution in [1.29, 1.82) is 0 Å². The second kappa shape index (κ2) is 4.82. The van der Waals surface area contributed by atoms with E-state index in [1.807, 2.05) is 19.9 Å². The number of hydrogen-bond donors (Lipinski definition) is 2. The Labute approximate surface area is 89.4 Å². The van der Waals surface area contributed by atoms with Crippen molar-refractivity contribution in [1.82, 2.24) is 0 Å². The number of aromatic hydroxyl groups is 1. The van der Waals surface area contributed by atoms with Gasteiger partial charge in [0.25, 0.3) is 0 Å². The van der Waals surface area contributed by atoms with Crippen LogP contribution >= 0.6 is 0 Å². The average Bonchev–Trinajstić information content (AvgIpc) is 2.13. The van der Waals surface area contributed by atoms with Gasteiger partial charge in [0.15, 0.2) is 0 Å². The van der Waals surface area contributed by atoms with Crippen LogP contribution < -0.4 is 0 Å². The Morgan fingerprint density at radius 2 is 2.00 bits per heavy atom. The Bertz CT molecular complexity index is 346. The zero-order valence-corrected chi connectivity index (χ0v) is 9.08. The molecule has 2 N–H and O–H groups in total. The molecule has 0 aromatic heterocycles. The van der Waals surface area contributed by atoms with Crippen molar-refractivity contribution in [3.63, 3.8) is 0 Å². The monoisotopic (exact) mass is 208 g/mol.